The van der Waals surface area contributed by atoms with Crippen molar-refractivity contribution in [1.82, 2.24) is 0 Å². The van der Waals surface area contributed by atoms with Gasteiger partial charge in [0.2, 0.25) is 0 Å². The second-order valence-electron chi connectivity index (χ2n) is 3.23. The summed E-state index contributed by atoms with van der Waals surface area (Å²) in [7, 11) is 0. The lowest BCUT2D eigenvalue weighted by Gasteiger charge is -2.01. The van der Waals surface area contributed by atoms with Crippen LogP contribution in [0.25, 0.3) is 6.08 Å². The van der Waals surface area contributed by atoms with E-state index in [1.165, 1.54) is 0 Å². The van der Waals surface area contributed by atoms with Gasteiger partial charge >= 0.3 is 5.97 Å². The van der Waals surface area contributed by atoms with E-state index in [-0.39, 0.29) is 6.61 Å². The number of carbonyl (C=O) groups is 2. The smallest absolute Gasteiger partial charge is 0.379 e. The summed E-state index contributed by atoms with van der Waals surface area (Å²) in [6, 6.07) is 6.80. The normalized spacial score (nSPS) is 10.5. The molecule has 4 heteroatoms. The SMILES string of the molecule is CCOC(=O)C(=O)c1ccc(C=CCBr)cc1. The number of rotatable bonds is 5. The van der Waals surface area contributed by atoms with E-state index < -0.39 is 11.8 Å². The minimum atomic E-state index is -0.809. The summed E-state index contributed by atoms with van der Waals surface area (Å²) < 4.78 is 4.64. The highest BCUT2D eigenvalue weighted by molar-refractivity contribution is 9.09. The first kappa shape index (κ1) is 13.6. The van der Waals surface area contributed by atoms with E-state index in [0.717, 1.165) is 10.9 Å². The highest BCUT2D eigenvalue weighted by Crippen LogP contribution is 2.08. The Morgan fingerprint density at radius 2 is 1.94 bits per heavy atom. The summed E-state index contributed by atoms with van der Waals surface area (Å²) in [5.41, 5.74) is 1.32. The number of halogens is 1. The molecule has 0 N–H and O–H groups in total. The van der Waals surface area contributed by atoms with Crippen LogP contribution in [0.15, 0.2) is 30.3 Å². The van der Waals surface area contributed by atoms with Gasteiger partial charge < -0.3 is 4.74 Å². The molecule has 0 heterocycles. The number of hydrogen-bond donors (Lipinski definition) is 0. The zero-order valence-electron chi connectivity index (χ0n) is 9.48. The van der Waals surface area contributed by atoms with Crippen molar-refractivity contribution in [3.8, 4) is 0 Å². The van der Waals surface area contributed by atoms with Gasteiger partial charge in [-0.05, 0) is 12.5 Å². The molecule has 0 aliphatic carbocycles. The van der Waals surface area contributed by atoms with Crippen LogP contribution in [0.5, 0.6) is 0 Å². The van der Waals surface area contributed by atoms with Crippen molar-refractivity contribution >= 4 is 33.8 Å². The minimum Gasteiger partial charge on any atom is -0.460 e. The van der Waals surface area contributed by atoms with Crippen LogP contribution < -0.4 is 0 Å². The van der Waals surface area contributed by atoms with Crippen molar-refractivity contribution in [3.05, 3.63) is 41.5 Å². The standard InChI is InChI=1S/C13H13BrO3/c1-2-17-13(16)12(15)11-7-5-10(6-8-11)4-3-9-14/h3-8H,2,9H2,1H3. The van der Waals surface area contributed by atoms with Gasteiger partial charge in [-0.2, -0.15) is 0 Å². The van der Waals surface area contributed by atoms with Gasteiger partial charge in [-0.3, -0.25) is 4.79 Å². The van der Waals surface area contributed by atoms with Crippen molar-refractivity contribution in [3.63, 3.8) is 0 Å². The number of alkyl halides is 1. The maximum absolute atomic E-state index is 11.6. The van der Waals surface area contributed by atoms with Crippen LogP contribution in [-0.4, -0.2) is 23.7 Å². The van der Waals surface area contributed by atoms with Crippen molar-refractivity contribution in [1.29, 1.82) is 0 Å². The van der Waals surface area contributed by atoms with Gasteiger partial charge in [-0.15, -0.1) is 0 Å². The molecular formula is C13H13BrO3. The van der Waals surface area contributed by atoms with Crippen LogP contribution in [0.2, 0.25) is 0 Å². The van der Waals surface area contributed by atoms with E-state index in [0.29, 0.717) is 5.56 Å². The predicted octanol–water partition coefficient (Wildman–Crippen LogP) is 2.84. The predicted molar refractivity (Wildman–Crippen MR) is 70.2 cm³/mol. The third kappa shape index (κ3) is 4.15. The second-order valence-corrected chi connectivity index (χ2v) is 3.88. The Hall–Kier alpha value is -1.42. The maximum Gasteiger partial charge on any atom is 0.379 e. The number of esters is 1. The van der Waals surface area contributed by atoms with Crippen molar-refractivity contribution < 1.29 is 14.3 Å². The largest absolute Gasteiger partial charge is 0.460 e. The highest BCUT2D eigenvalue weighted by atomic mass is 79.9. The Labute approximate surface area is 109 Å². The average molecular weight is 297 g/mol. The molecule has 0 saturated heterocycles. The minimum absolute atomic E-state index is 0.205. The van der Waals surface area contributed by atoms with Crippen LogP contribution in [0.1, 0.15) is 22.8 Å². The molecule has 0 bridgehead atoms. The maximum atomic E-state index is 11.6. The lowest BCUT2D eigenvalue weighted by Crippen LogP contribution is -2.17. The molecule has 90 valence electrons. The third-order valence-corrected chi connectivity index (χ3v) is 2.41. The van der Waals surface area contributed by atoms with E-state index in [1.807, 2.05) is 12.2 Å². The molecule has 0 aliphatic heterocycles. The van der Waals surface area contributed by atoms with Crippen LogP contribution in [0.4, 0.5) is 0 Å². The van der Waals surface area contributed by atoms with Crippen LogP contribution in [0, 0.1) is 0 Å². The first-order chi connectivity index (χ1) is 8.19. The first-order valence-corrected chi connectivity index (χ1v) is 6.35. The van der Waals surface area contributed by atoms with Crippen molar-refractivity contribution in [2.24, 2.45) is 0 Å². The monoisotopic (exact) mass is 296 g/mol. The lowest BCUT2D eigenvalue weighted by atomic mass is 10.1. The van der Waals surface area contributed by atoms with E-state index in [2.05, 4.69) is 20.7 Å². The molecule has 0 saturated carbocycles. The molecule has 0 spiro atoms. The summed E-state index contributed by atoms with van der Waals surface area (Å²) in [5.74, 6) is -1.42. The summed E-state index contributed by atoms with van der Waals surface area (Å²) >= 11 is 3.28. The Balaban J connectivity index is 2.77. The fourth-order valence-electron chi connectivity index (χ4n) is 1.24. The number of Topliss-reactive ketones (excluding diaryl/α,β-unsaturated/α-hetero) is 1. The third-order valence-electron chi connectivity index (χ3n) is 2.03. The average Bonchev–Trinajstić information content (AvgIpc) is 2.36. The van der Waals surface area contributed by atoms with Crippen LogP contribution in [-0.2, 0) is 9.53 Å². The van der Waals surface area contributed by atoms with E-state index in [1.54, 1.807) is 31.2 Å². The molecule has 0 radical (unpaired) electrons. The molecule has 0 atom stereocenters. The Morgan fingerprint density at radius 3 is 2.47 bits per heavy atom. The van der Waals surface area contributed by atoms with Gasteiger partial charge in [0.1, 0.15) is 0 Å². The number of ketones is 1. The molecule has 1 aromatic rings. The van der Waals surface area contributed by atoms with Gasteiger partial charge in [0.25, 0.3) is 5.78 Å². The summed E-state index contributed by atoms with van der Waals surface area (Å²) in [6.45, 7) is 1.87. The Kier molecular flexibility index (Phi) is 5.63. The molecule has 3 nitrogen and oxygen atoms in total. The summed E-state index contributed by atoms with van der Waals surface area (Å²) in [4.78, 5) is 22.8. The first-order valence-electron chi connectivity index (χ1n) is 5.23. The van der Waals surface area contributed by atoms with Gasteiger partial charge in [0.15, 0.2) is 0 Å². The highest BCUT2D eigenvalue weighted by Gasteiger charge is 2.16. The molecule has 0 fully saturated rings. The number of benzene rings is 1. The molecule has 0 aromatic heterocycles. The molecule has 0 amide bonds. The molecular weight excluding hydrogens is 284 g/mol. The molecule has 1 aromatic carbocycles. The zero-order valence-corrected chi connectivity index (χ0v) is 11.1. The van der Waals surface area contributed by atoms with Crippen molar-refractivity contribution in [2.75, 3.05) is 11.9 Å². The molecule has 17 heavy (non-hydrogen) atoms. The fraction of sp³-hybridized carbons (Fsp3) is 0.231. The molecule has 1 rings (SSSR count). The van der Waals surface area contributed by atoms with Gasteiger partial charge in [-0.1, -0.05) is 52.3 Å². The van der Waals surface area contributed by atoms with Gasteiger partial charge in [0, 0.05) is 10.9 Å². The Morgan fingerprint density at radius 1 is 1.29 bits per heavy atom. The fourth-order valence-corrected chi connectivity index (χ4v) is 1.43. The zero-order chi connectivity index (χ0) is 12.7. The van der Waals surface area contributed by atoms with E-state index in [9.17, 15) is 9.59 Å². The van der Waals surface area contributed by atoms with E-state index >= 15 is 0 Å². The Bertz CT molecular complexity index is 421. The quantitative estimate of drug-likeness (QED) is 0.363. The molecule has 0 aliphatic rings. The summed E-state index contributed by atoms with van der Waals surface area (Å²) in [6.07, 6.45) is 3.87. The van der Waals surface area contributed by atoms with Crippen molar-refractivity contribution in [2.45, 2.75) is 6.92 Å². The number of carbonyl (C=O) groups excluding carboxylic acids is 2. The van der Waals surface area contributed by atoms with E-state index in [4.69, 9.17) is 0 Å². The van der Waals surface area contributed by atoms with Crippen LogP contribution >= 0.6 is 15.9 Å². The lowest BCUT2D eigenvalue weighted by molar-refractivity contribution is -0.137. The van der Waals surface area contributed by atoms with Gasteiger partial charge in [0.05, 0.1) is 6.61 Å². The molecule has 0 unspecified atom stereocenters. The van der Waals surface area contributed by atoms with Crippen LogP contribution in [0.3, 0.4) is 0 Å². The second kappa shape index (κ2) is 7.01. The number of ether oxygens (including phenoxy) is 1. The van der Waals surface area contributed by atoms with Gasteiger partial charge in [-0.25, -0.2) is 4.79 Å². The number of hydrogen-bond acceptors (Lipinski definition) is 3. The summed E-state index contributed by atoms with van der Waals surface area (Å²) in [5, 5.41) is 0.774. The number of allylic oxidation sites excluding steroid dienone is 1. The topological polar surface area (TPSA) is 43.4 Å².